The molecule has 2 fully saturated rings. The van der Waals surface area contributed by atoms with Gasteiger partial charge in [0.2, 0.25) is 11.9 Å². The van der Waals surface area contributed by atoms with Crippen LogP contribution in [0.2, 0.25) is 0 Å². The molecule has 3 aromatic rings. The number of anilines is 5. The van der Waals surface area contributed by atoms with Crippen molar-refractivity contribution in [3.05, 3.63) is 54.5 Å². The van der Waals surface area contributed by atoms with Crippen molar-refractivity contribution in [1.82, 2.24) is 15.0 Å². The largest absolute Gasteiger partial charge is 0.489 e. The summed E-state index contributed by atoms with van der Waals surface area (Å²) < 4.78 is 6.05. The predicted octanol–water partition coefficient (Wildman–Crippen LogP) is 1.90. The van der Waals surface area contributed by atoms with E-state index in [0.29, 0.717) is 42.4 Å². The first kappa shape index (κ1) is 21.1. The second-order valence-corrected chi connectivity index (χ2v) is 8.87. The lowest BCUT2D eigenvalue weighted by atomic mass is 10.1. The summed E-state index contributed by atoms with van der Waals surface area (Å²) in [7, 11) is 0. The van der Waals surface area contributed by atoms with Crippen LogP contribution in [-0.4, -0.2) is 58.5 Å². The molecule has 2 aliphatic heterocycles. The fourth-order valence-corrected chi connectivity index (χ4v) is 4.41. The number of carbonyl (C=O) groups is 2. The highest BCUT2D eigenvalue weighted by atomic mass is 16.5. The van der Waals surface area contributed by atoms with E-state index in [2.05, 4.69) is 25.6 Å². The Hall–Kier alpha value is -4.41. The maximum Gasteiger partial charge on any atom is 0.254 e. The Morgan fingerprint density at radius 2 is 2.09 bits per heavy atom. The first-order valence-corrected chi connectivity index (χ1v) is 11.5. The van der Waals surface area contributed by atoms with E-state index in [4.69, 9.17) is 10.5 Å². The van der Waals surface area contributed by atoms with Gasteiger partial charge in [-0.05, 0) is 37.1 Å². The van der Waals surface area contributed by atoms with Gasteiger partial charge in [0, 0.05) is 36.7 Å². The number of hydrogen-bond donors (Lipinski definition) is 3. The summed E-state index contributed by atoms with van der Waals surface area (Å²) >= 11 is 0. The average molecular weight is 473 g/mol. The third-order valence-electron chi connectivity index (χ3n) is 6.28. The summed E-state index contributed by atoms with van der Waals surface area (Å²) in [6.45, 7) is 1.32. The van der Waals surface area contributed by atoms with Crippen molar-refractivity contribution in [2.45, 2.75) is 24.9 Å². The van der Waals surface area contributed by atoms with E-state index in [-0.39, 0.29) is 24.1 Å². The van der Waals surface area contributed by atoms with Crippen molar-refractivity contribution in [1.29, 1.82) is 0 Å². The molecule has 1 unspecified atom stereocenters. The smallest absolute Gasteiger partial charge is 0.254 e. The Labute approximate surface area is 201 Å². The van der Waals surface area contributed by atoms with Crippen molar-refractivity contribution in [3.8, 4) is 5.75 Å². The molecule has 35 heavy (non-hydrogen) atoms. The monoisotopic (exact) mass is 472 g/mol. The number of aromatic nitrogens is 3. The lowest BCUT2D eigenvalue weighted by Gasteiger charge is -2.44. The van der Waals surface area contributed by atoms with Crippen molar-refractivity contribution in [2.24, 2.45) is 5.73 Å². The number of piperazine rings is 1. The number of pyridine rings is 1. The van der Waals surface area contributed by atoms with Crippen LogP contribution in [-0.2, 0) is 4.79 Å². The van der Waals surface area contributed by atoms with Crippen LogP contribution < -0.4 is 30.9 Å². The SMILES string of the molecule is NC(=O)c1cnc(Nc2ccc3c(c2)OCC2CN(c4cccnc4)CC(=O)N32)nc1NC1CC1. The number of nitrogens with two attached hydrogens (primary N) is 1. The molecule has 0 spiro atoms. The average Bonchev–Trinajstić information content (AvgIpc) is 3.68. The van der Waals surface area contributed by atoms with Gasteiger partial charge in [-0.1, -0.05) is 0 Å². The molecule has 2 amide bonds. The molecular weight excluding hydrogens is 448 g/mol. The van der Waals surface area contributed by atoms with Crippen LogP contribution in [0.25, 0.3) is 0 Å². The number of primary amides is 1. The van der Waals surface area contributed by atoms with E-state index in [1.54, 1.807) is 12.4 Å². The number of nitrogens with zero attached hydrogens (tertiary/aromatic N) is 5. The fourth-order valence-electron chi connectivity index (χ4n) is 4.41. The van der Waals surface area contributed by atoms with Gasteiger partial charge in [-0.15, -0.1) is 0 Å². The first-order valence-electron chi connectivity index (χ1n) is 11.5. The minimum Gasteiger partial charge on any atom is -0.489 e. The van der Waals surface area contributed by atoms with E-state index in [9.17, 15) is 9.59 Å². The summed E-state index contributed by atoms with van der Waals surface area (Å²) in [6, 6.07) is 9.57. The summed E-state index contributed by atoms with van der Waals surface area (Å²) in [5, 5.41) is 6.38. The van der Waals surface area contributed by atoms with Gasteiger partial charge >= 0.3 is 0 Å². The van der Waals surface area contributed by atoms with Crippen molar-refractivity contribution < 1.29 is 14.3 Å². The van der Waals surface area contributed by atoms with Gasteiger partial charge in [0.25, 0.3) is 5.91 Å². The highest BCUT2D eigenvalue weighted by molar-refractivity contribution is 6.00. The van der Waals surface area contributed by atoms with Crippen LogP contribution in [0.15, 0.2) is 48.9 Å². The summed E-state index contributed by atoms with van der Waals surface area (Å²) in [4.78, 5) is 41.5. The molecule has 4 N–H and O–H groups in total. The zero-order valence-electron chi connectivity index (χ0n) is 18.8. The van der Waals surface area contributed by atoms with Gasteiger partial charge in [-0.2, -0.15) is 4.98 Å². The zero-order chi connectivity index (χ0) is 23.9. The predicted molar refractivity (Wildman–Crippen MR) is 130 cm³/mol. The van der Waals surface area contributed by atoms with Crippen LogP contribution >= 0.6 is 0 Å². The Kier molecular flexibility index (Phi) is 5.09. The molecule has 2 aromatic heterocycles. The molecule has 3 aliphatic rings. The molecule has 1 aliphatic carbocycles. The van der Waals surface area contributed by atoms with Crippen LogP contribution in [0.5, 0.6) is 5.75 Å². The first-order chi connectivity index (χ1) is 17.0. The van der Waals surface area contributed by atoms with Crippen LogP contribution in [0.1, 0.15) is 23.2 Å². The van der Waals surface area contributed by atoms with Gasteiger partial charge in [-0.3, -0.25) is 19.5 Å². The molecular formula is C24H24N8O3. The maximum atomic E-state index is 13.1. The molecule has 178 valence electrons. The fraction of sp³-hybridized carbons (Fsp3) is 0.292. The molecule has 11 nitrogen and oxygen atoms in total. The topological polar surface area (TPSA) is 139 Å². The molecule has 6 rings (SSSR count). The third-order valence-corrected chi connectivity index (χ3v) is 6.28. The molecule has 1 atom stereocenters. The standard InChI is InChI=1S/C24H24N8O3/c25-22(34)18-10-27-24(30-23(18)28-14-3-4-14)29-15-5-6-19-20(8-15)35-13-17-11-31(12-21(33)32(17)19)16-2-1-7-26-9-16/h1-2,5-10,14,17H,3-4,11-13H2,(H2,25,34)(H2,27,28,29,30). The molecule has 1 saturated carbocycles. The van der Waals surface area contributed by atoms with E-state index >= 15 is 0 Å². The van der Waals surface area contributed by atoms with Gasteiger partial charge in [-0.25, -0.2) is 4.98 Å². The number of nitrogens with one attached hydrogen (secondary N) is 2. The van der Waals surface area contributed by atoms with E-state index in [1.807, 2.05) is 40.1 Å². The van der Waals surface area contributed by atoms with Crippen LogP contribution in [0.4, 0.5) is 28.8 Å². The van der Waals surface area contributed by atoms with Gasteiger partial charge < -0.3 is 26.0 Å². The second-order valence-electron chi connectivity index (χ2n) is 8.87. The quantitative estimate of drug-likeness (QED) is 0.491. The normalized spacial score (nSPS) is 18.9. The number of hydrogen-bond acceptors (Lipinski definition) is 9. The number of carbonyl (C=O) groups excluding carboxylic acids is 2. The number of ether oxygens (including phenoxy) is 1. The highest BCUT2D eigenvalue weighted by Crippen LogP contribution is 2.38. The van der Waals surface area contributed by atoms with Gasteiger partial charge in [0.05, 0.1) is 35.7 Å². The van der Waals surface area contributed by atoms with Crippen molar-refractivity contribution in [3.63, 3.8) is 0 Å². The minimum absolute atomic E-state index is 0.0107. The van der Waals surface area contributed by atoms with Crippen molar-refractivity contribution >= 4 is 40.6 Å². The van der Waals surface area contributed by atoms with E-state index < -0.39 is 5.91 Å². The van der Waals surface area contributed by atoms with Gasteiger partial charge in [0.1, 0.15) is 18.2 Å². The van der Waals surface area contributed by atoms with Crippen molar-refractivity contribution in [2.75, 3.05) is 40.1 Å². The highest BCUT2D eigenvalue weighted by Gasteiger charge is 2.38. The van der Waals surface area contributed by atoms with Crippen LogP contribution in [0, 0.1) is 0 Å². The Bertz CT molecular complexity index is 1300. The van der Waals surface area contributed by atoms with Gasteiger partial charge in [0.15, 0.2) is 0 Å². The molecule has 11 heteroatoms. The lowest BCUT2D eigenvalue weighted by Crippen LogP contribution is -2.60. The summed E-state index contributed by atoms with van der Waals surface area (Å²) in [5.74, 6) is 0.792. The summed E-state index contributed by atoms with van der Waals surface area (Å²) in [5.41, 5.74) is 8.08. The number of amides is 2. The summed E-state index contributed by atoms with van der Waals surface area (Å²) in [6.07, 6.45) is 6.96. The number of fused-ring (bicyclic) bond motifs is 3. The third kappa shape index (κ3) is 4.16. The molecule has 0 bridgehead atoms. The molecule has 1 aromatic carbocycles. The van der Waals surface area contributed by atoms with E-state index in [1.165, 1.54) is 6.20 Å². The number of benzene rings is 1. The maximum absolute atomic E-state index is 13.1. The van der Waals surface area contributed by atoms with Crippen LogP contribution in [0.3, 0.4) is 0 Å². The minimum atomic E-state index is -0.579. The Morgan fingerprint density at radius 1 is 1.20 bits per heavy atom. The Morgan fingerprint density at radius 3 is 2.86 bits per heavy atom. The Balaban J connectivity index is 1.21. The molecule has 0 radical (unpaired) electrons. The zero-order valence-corrected chi connectivity index (χ0v) is 18.8. The second kappa shape index (κ2) is 8.42. The van der Waals surface area contributed by atoms with E-state index in [0.717, 1.165) is 24.2 Å². The lowest BCUT2D eigenvalue weighted by molar-refractivity contribution is -0.119. The molecule has 1 saturated heterocycles. The number of rotatable bonds is 6. The molecule has 4 heterocycles.